The highest BCUT2D eigenvalue weighted by atomic mass is 16.5. The molecule has 8 nitrogen and oxygen atoms in total. The van der Waals surface area contributed by atoms with Gasteiger partial charge in [-0.25, -0.2) is 4.98 Å². The number of carbonyl (C=O) groups excluding carboxylic acids is 1. The van der Waals surface area contributed by atoms with E-state index in [4.69, 9.17) is 9.47 Å². The van der Waals surface area contributed by atoms with Crippen LogP contribution in [0.1, 0.15) is 36.9 Å². The van der Waals surface area contributed by atoms with Crippen LogP contribution in [0.2, 0.25) is 0 Å². The van der Waals surface area contributed by atoms with Crippen LogP contribution in [-0.2, 0) is 16.0 Å². The van der Waals surface area contributed by atoms with Crippen molar-refractivity contribution < 1.29 is 14.3 Å². The molecule has 1 fully saturated rings. The van der Waals surface area contributed by atoms with Crippen LogP contribution >= 0.6 is 0 Å². The Morgan fingerprint density at radius 3 is 2.79 bits per heavy atom. The molecule has 0 bridgehead atoms. The van der Waals surface area contributed by atoms with E-state index in [2.05, 4.69) is 20.3 Å². The van der Waals surface area contributed by atoms with Crippen LogP contribution in [0, 0.1) is 6.92 Å². The number of aromatic nitrogens is 3. The summed E-state index contributed by atoms with van der Waals surface area (Å²) in [6.07, 6.45) is 7.03. The molecule has 0 aliphatic carbocycles. The molecule has 1 unspecified atom stereocenters. The van der Waals surface area contributed by atoms with Gasteiger partial charge in [-0.15, -0.1) is 0 Å². The maximum absolute atomic E-state index is 12.6. The number of nitrogens with one attached hydrogen (secondary N) is 2. The average Bonchev–Trinajstić information content (AvgIpc) is 2.84. The van der Waals surface area contributed by atoms with Gasteiger partial charge in [0.1, 0.15) is 18.2 Å². The predicted octanol–water partition coefficient (Wildman–Crippen LogP) is 3.66. The molecular formula is C25H28N4O4. The molecule has 1 amide bonds. The number of aryl methyl sites for hydroxylation is 1. The Morgan fingerprint density at radius 1 is 1.21 bits per heavy atom. The second-order valence-corrected chi connectivity index (χ2v) is 8.06. The van der Waals surface area contributed by atoms with Crippen LogP contribution in [-0.4, -0.2) is 40.2 Å². The molecule has 1 saturated heterocycles. The molecule has 1 aromatic carbocycles. The minimum Gasteiger partial charge on any atom is -0.489 e. The lowest BCUT2D eigenvalue weighted by molar-refractivity contribution is -0.116. The molecular weight excluding hydrogens is 420 g/mol. The minimum absolute atomic E-state index is 0.0832. The van der Waals surface area contributed by atoms with E-state index in [1.54, 1.807) is 37.5 Å². The number of amides is 1. The van der Waals surface area contributed by atoms with Crippen molar-refractivity contribution in [1.29, 1.82) is 0 Å². The summed E-state index contributed by atoms with van der Waals surface area (Å²) in [6, 6.07) is 10.9. The molecule has 1 atom stereocenters. The van der Waals surface area contributed by atoms with Gasteiger partial charge in [-0.2, -0.15) is 0 Å². The first kappa shape index (κ1) is 22.7. The summed E-state index contributed by atoms with van der Waals surface area (Å²) < 4.78 is 11.6. The molecule has 8 heteroatoms. The number of H-pyrrole nitrogens is 1. The zero-order chi connectivity index (χ0) is 23.0. The third-order valence-corrected chi connectivity index (χ3v) is 5.64. The van der Waals surface area contributed by atoms with Gasteiger partial charge < -0.3 is 19.8 Å². The number of ether oxygens (including phenoxy) is 2. The zero-order valence-corrected chi connectivity index (χ0v) is 18.7. The summed E-state index contributed by atoms with van der Waals surface area (Å²) in [6.45, 7) is 3.00. The first-order valence-electron chi connectivity index (χ1n) is 11.2. The normalized spacial score (nSPS) is 15.7. The predicted molar refractivity (Wildman–Crippen MR) is 125 cm³/mol. The van der Waals surface area contributed by atoms with Crippen molar-refractivity contribution in [3.63, 3.8) is 0 Å². The Hall–Kier alpha value is -3.52. The molecule has 2 aromatic heterocycles. The number of pyridine rings is 1. The number of rotatable bonds is 8. The van der Waals surface area contributed by atoms with E-state index in [1.807, 2.05) is 18.2 Å². The molecule has 33 heavy (non-hydrogen) atoms. The number of aromatic amines is 1. The number of hydrogen-bond donors (Lipinski definition) is 2. The topological polar surface area (TPSA) is 106 Å². The fourth-order valence-electron chi connectivity index (χ4n) is 3.82. The van der Waals surface area contributed by atoms with Gasteiger partial charge in [0.2, 0.25) is 5.91 Å². The first-order chi connectivity index (χ1) is 16.1. The van der Waals surface area contributed by atoms with Gasteiger partial charge in [-0.1, -0.05) is 12.1 Å². The van der Waals surface area contributed by atoms with Crippen LogP contribution in [0.4, 0.5) is 5.69 Å². The van der Waals surface area contributed by atoms with Crippen LogP contribution in [0.25, 0.3) is 11.4 Å². The summed E-state index contributed by atoms with van der Waals surface area (Å²) in [4.78, 5) is 36.5. The van der Waals surface area contributed by atoms with Gasteiger partial charge in [0.05, 0.1) is 11.8 Å². The van der Waals surface area contributed by atoms with Gasteiger partial charge in [-0.3, -0.25) is 14.6 Å². The number of anilines is 1. The highest BCUT2D eigenvalue weighted by Gasteiger charge is 2.16. The van der Waals surface area contributed by atoms with Crippen LogP contribution in [0.5, 0.6) is 5.75 Å². The van der Waals surface area contributed by atoms with Gasteiger partial charge in [-0.05, 0) is 56.9 Å². The highest BCUT2D eigenvalue weighted by Crippen LogP contribution is 2.25. The smallest absolute Gasteiger partial charge is 0.254 e. The first-order valence-corrected chi connectivity index (χ1v) is 11.2. The Labute approximate surface area is 192 Å². The standard InChI is InChI=1S/C25H28N4O4/c1-17-20(25(31)29-24(27-17)18-11-13-26-14-12-18)9-10-23(30)28-21-7-2-3-8-22(21)33-16-19-6-4-5-15-32-19/h2-3,7-8,11-14,19H,4-6,9-10,15-16H2,1H3,(H,28,30)(H,27,29,31). The van der Waals surface area contributed by atoms with Gasteiger partial charge >= 0.3 is 0 Å². The molecule has 0 spiro atoms. The highest BCUT2D eigenvalue weighted by molar-refractivity contribution is 5.92. The third kappa shape index (κ3) is 6.04. The van der Waals surface area contributed by atoms with Gasteiger partial charge in [0.15, 0.2) is 0 Å². The lowest BCUT2D eigenvalue weighted by Gasteiger charge is -2.23. The SMILES string of the molecule is Cc1nc(-c2ccncc2)[nH]c(=O)c1CCC(=O)Nc1ccccc1OCC1CCCCO1. The molecule has 0 radical (unpaired) electrons. The second kappa shape index (κ2) is 10.9. The average molecular weight is 449 g/mol. The van der Waals surface area contributed by atoms with Crippen molar-refractivity contribution >= 4 is 11.6 Å². The molecule has 172 valence electrons. The van der Waals surface area contributed by atoms with E-state index in [0.29, 0.717) is 35.1 Å². The fraction of sp³-hybridized carbons (Fsp3) is 0.360. The zero-order valence-electron chi connectivity index (χ0n) is 18.7. The Balaban J connectivity index is 1.36. The number of hydrogen-bond acceptors (Lipinski definition) is 6. The van der Waals surface area contributed by atoms with Crippen molar-refractivity contribution in [1.82, 2.24) is 15.0 Å². The minimum atomic E-state index is -0.238. The lowest BCUT2D eigenvalue weighted by Crippen LogP contribution is -2.26. The van der Waals surface area contributed by atoms with E-state index in [0.717, 1.165) is 31.4 Å². The van der Waals surface area contributed by atoms with Crippen molar-refractivity contribution in [3.8, 4) is 17.1 Å². The maximum Gasteiger partial charge on any atom is 0.254 e. The number of nitrogens with zero attached hydrogens (tertiary/aromatic N) is 2. The maximum atomic E-state index is 12.6. The molecule has 3 heterocycles. The third-order valence-electron chi connectivity index (χ3n) is 5.64. The number of carbonyl (C=O) groups is 1. The summed E-state index contributed by atoms with van der Waals surface area (Å²) in [5.74, 6) is 0.899. The van der Waals surface area contributed by atoms with E-state index < -0.39 is 0 Å². The molecule has 3 aromatic rings. The lowest BCUT2D eigenvalue weighted by atomic mass is 10.1. The van der Waals surface area contributed by atoms with Crippen molar-refractivity contribution in [2.45, 2.75) is 45.1 Å². The summed E-state index contributed by atoms with van der Waals surface area (Å²) in [7, 11) is 0. The van der Waals surface area contributed by atoms with Gasteiger partial charge in [0, 0.05) is 42.2 Å². The Bertz CT molecular complexity index is 1140. The van der Waals surface area contributed by atoms with Crippen molar-refractivity contribution in [2.24, 2.45) is 0 Å². The van der Waals surface area contributed by atoms with Crippen LogP contribution < -0.4 is 15.6 Å². The number of benzene rings is 1. The van der Waals surface area contributed by atoms with Crippen LogP contribution in [0.3, 0.4) is 0 Å². The summed E-state index contributed by atoms with van der Waals surface area (Å²) in [5, 5.41) is 2.90. The number of para-hydroxylation sites is 2. The molecule has 2 N–H and O–H groups in total. The van der Waals surface area contributed by atoms with Crippen LogP contribution in [0.15, 0.2) is 53.6 Å². The molecule has 1 aliphatic heterocycles. The van der Waals surface area contributed by atoms with Crippen molar-refractivity contribution in [3.05, 3.63) is 70.4 Å². The van der Waals surface area contributed by atoms with E-state index in [-0.39, 0.29) is 30.4 Å². The largest absolute Gasteiger partial charge is 0.489 e. The second-order valence-electron chi connectivity index (χ2n) is 8.06. The van der Waals surface area contributed by atoms with E-state index in [1.165, 1.54) is 0 Å². The summed E-state index contributed by atoms with van der Waals surface area (Å²) >= 11 is 0. The fourth-order valence-corrected chi connectivity index (χ4v) is 3.82. The molecule has 0 saturated carbocycles. The van der Waals surface area contributed by atoms with Crippen molar-refractivity contribution in [2.75, 3.05) is 18.5 Å². The molecule has 1 aliphatic rings. The van der Waals surface area contributed by atoms with E-state index >= 15 is 0 Å². The van der Waals surface area contributed by atoms with Gasteiger partial charge in [0.25, 0.3) is 5.56 Å². The molecule has 4 rings (SSSR count). The van der Waals surface area contributed by atoms with E-state index in [9.17, 15) is 9.59 Å². The Morgan fingerprint density at radius 2 is 2.03 bits per heavy atom. The Kier molecular flexibility index (Phi) is 7.47. The quantitative estimate of drug-likeness (QED) is 0.545. The summed E-state index contributed by atoms with van der Waals surface area (Å²) in [5.41, 5.74) is 2.26. The monoisotopic (exact) mass is 448 g/mol.